The van der Waals surface area contributed by atoms with E-state index in [1.54, 1.807) is 0 Å². The molecule has 3 heteroatoms. The third-order valence-electron chi connectivity index (χ3n) is 3.92. The van der Waals surface area contributed by atoms with Crippen LogP contribution in [0.1, 0.15) is 59.3 Å². The van der Waals surface area contributed by atoms with Crippen LogP contribution in [0.3, 0.4) is 0 Å². The van der Waals surface area contributed by atoms with Gasteiger partial charge in [-0.3, -0.25) is 4.79 Å². The number of carbonyl (C=O) groups is 1. The van der Waals surface area contributed by atoms with Crippen LogP contribution in [-0.2, 0) is 4.79 Å². The van der Waals surface area contributed by atoms with Crippen molar-refractivity contribution in [2.24, 2.45) is 5.92 Å². The first-order valence-electron chi connectivity index (χ1n) is 7.75. The van der Waals surface area contributed by atoms with Crippen molar-refractivity contribution in [1.82, 2.24) is 10.2 Å². The normalized spacial score (nSPS) is 17.4. The molecular weight excluding hydrogens is 224 g/mol. The van der Waals surface area contributed by atoms with Crippen LogP contribution in [0.25, 0.3) is 0 Å². The predicted octanol–water partition coefficient (Wildman–Crippen LogP) is 2.80. The maximum atomic E-state index is 12.4. The van der Waals surface area contributed by atoms with E-state index in [0.717, 1.165) is 58.2 Å². The summed E-state index contributed by atoms with van der Waals surface area (Å²) in [4.78, 5) is 14.5. The van der Waals surface area contributed by atoms with E-state index < -0.39 is 0 Å². The average molecular weight is 254 g/mol. The Morgan fingerprint density at radius 1 is 1.17 bits per heavy atom. The lowest BCUT2D eigenvalue weighted by Gasteiger charge is -2.34. The molecule has 0 spiro atoms. The molecule has 1 aliphatic heterocycles. The quantitative estimate of drug-likeness (QED) is 0.757. The van der Waals surface area contributed by atoms with Gasteiger partial charge in [0.1, 0.15) is 0 Å². The molecule has 1 amide bonds. The Hall–Kier alpha value is -0.570. The molecule has 1 heterocycles. The summed E-state index contributed by atoms with van der Waals surface area (Å²) in [6, 6.07) is 0.620. The number of nitrogens with one attached hydrogen (secondary N) is 1. The lowest BCUT2D eigenvalue weighted by molar-refractivity contribution is -0.137. The fourth-order valence-electron chi connectivity index (χ4n) is 2.94. The van der Waals surface area contributed by atoms with E-state index in [-0.39, 0.29) is 5.92 Å². The van der Waals surface area contributed by atoms with Gasteiger partial charge in [-0.1, -0.05) is 33.6 Å². The van der Waals surface area contributed by atoms with E-state index in [1.807, 2.05) is 0 Å². The molecule has 0 aromatic carbocycles. The van der Waals surface area contributed by atoms with Crippen molar-refractivity contribution < 1.29 is 4.79 Å². The van der Waals surface area contributed by atoms with Gasteiger partial charge in [-0.2, -0.15) is 0 Å². The monoisotopic (exact) mass is 254 g/mol. The Labute approximate surface area is 112 Å². The van der Waals surface area contributed by atoms with Gasteiger partial charge in [-0.15, -0.1) is 0 Å². The number of hydrogen-bond acceptors (Lipinski definition) is 2. The zero-order valence-electron chi connectivity index (χ0n) is 12.4. The first-order valence-corrected chi connectivity index (χ1v) is 7.75. The van der Waals surface area contributed by atoms with Gasteiger partial charge in [0.05, 0.1) is 0 Å². The maximum Gasteiger partial charge on any atom is 0.225 e. The molecule has 0 aliphatic carbocycles. The molecular formula is C15H30N2O. The number of piperidine rings is 1. The predicted molar refractivity (Wildman–Crippen MR) is 76.6 cm³/mol. The second-order valence-corrected chi connectivity index (χ2v) is 5.43. The lowest BCUT2D eigenvalue weighted by Crippen LogP contribution is -2.46. The highest BCUT2D eigenvalue weighted by Crippen LogP contribution is 2.20. The highest BCUT2D eigenvalue weighted by Gasteiger charge is 2.26. The largest absolute Gasteiger partial charge is 0.342 e. The van der Waals surface area contributed by atoms with Crippen LogP contribution in [0, 0.1) is 5.92 Å². The Balaban J connectivity index is 2.41. The minimum absolute atomic E-state index is 0.274. The standard InChI is InChI=1S/C15H30N2O/c1-4-7-13(8-5-2)15(18)17-11-9-14(10-12-17)16-6-3/h13-14,16H,4-12H2,1-3H3. The zero-order chi connectivity index (χ0) is 13.4. The van der Waals surface area contributed by atoms with Crippen LogP contribution in [0.2, 0.25) is 0 Å². The molecule has 1 N–H and O–H groups in total. The number of carbonyl (C=O) groups excluding carboxylic acids is 1. The molecule has 0 bridgehead atoms. The van der Waals surface area contributed by atoms with Crippen molar-refractivity contribution in [2.45, 2.75) is 65.3 Å². The van der Waals surface area contributed by atoms with Crippen molar-refractivity contribution in [2.75, 3.05) is 19.6 Å². The molecule has 1 rings (SSSR count). The summed E-state index contributed by atoms with van der Waals surface area (Å²) in [5.41, 5.74) is 0. The average Bonchev–Trinajstić information content (AvgIpc) is 2.39. The summed E-state index contributed by atoms with van der Waals surface area (Å²) in [5.74, 6) is 0.685. The van der Waals surface area contributed by atoms with Gasteiger partial charge in [0, 0.05) is 25.0 Å². The van der Waals surface area contributed by atoms with E-state index in [1.165, 1.54) is 0 Å². The highest BCUT2D eigenvalue weighted by molar-refractivity contribution is 5.78. The summed E-state index contributed by atoms with van der Waals surface area (Å²) in [7, 11) is 0. The molecule has 1 aliphatic rings. The van der Waals surface area contributed by atoms with Crippen molar-refractivity contribution in [3.63, 3.8) is 0 Å². The van der Waals surface area contributed by atoms with Crippen LogP contribution in [0.5, 0.6) is 0 Å². The first kappa shape index (κ1) is 15.5. The fraction of sp³-hybridized carbons (Fsp3) is 0.933. The molecule has 18 heavy (non-hydrogen) atoms. The maximum absolute atomic E-state index is 12.4. The first-order chi connectivity index (χ1) is 8.72. The van der Waals surface area contributed by atoms with Gasteiger partial charge < -0.3 is 10.2 Å². The smallest absolute Gasteiger partial charge is 0.225 e. The molecule has 106 valence electrons. The Bertz CT molecular complexity index is 229. The Kier molecular flexibility index (Phi) is 7.33. The molecule has 0 aromatic heterocycles. The summed E-state index contributed by atoms with van der Waals surface area (Å²) < 4.78 is 0. The van der Waals surface area contributed by atoms with Crippen LogP contribution in [0.4, 0.5) is 0 Å². The van der Waals surface area contributed by atoms with E-state index in [2.05, 4.69) is 31.0 Å². The van der Waals surface area contributed by atoms with Crippen LogP contribution >= 0.6 is 0 Å². The summed E-state index contributed by atoms with van der Waals surface area (Å²) in [6.45, 7) is 9.42. The SMILES string of the molecule is CCCC(CCC)C(=O)N1CCC(NCC)CC1. The van der Waals surface area contributed by atoms with Gasteiger partial charge in [0.25, 0.3) is 0 Å². The van der Waals surface area contributed by atoms with E-state index in [4.69, 9.17) is 0 Å². The van der Waals surface area contributed by atoms with Crippen molar-refractivity contribution in [3.05, 3.63) is 0 Å². The highest BCUT2D eigenvalue weighted by atomic mass is 16.2. The minimum atomic E-state index is 0.274. The van der Waals surface area contributed by atoms with Crippen molar-refractivity contribution in [3.8, 4) is 0 Å². The molecule has 1 fully saturated rings. The molecule has 3 nitrogen and oxygen atoms in total. The van der Waals surface area contributed by atoms with E-state index >= 15 is 0 Å². The van der Waals surface area contributed by atoms with E-state index in [9.17, 15) is 4.79 Å². The summed E-state index contributed by atoms with van der Waals surface area (Å²) in [6.07, 6.45) is 6.57. The number of nitrogens with zero attached hydrogens (tertiary/aromatic N) is 1. The summed E-state index contributed by atoms with van der Waals surface area (Å²) in [5, 5.41) is 3.49. The number of amides is 1. The topological polar surface area (TPSA) is 32.3 Å². The van der Waals surface area contributed by atoms with Crippen LogP contribution in [-0.4, -0.2) is 36.5 Å². The molecule has 1 saturated heterocycles. The second kappa shape index (κ2) is 8.52. The van der Waals surface area contributed by atoms with Gasteiger partial charge in [0.2, 0.25) is 5.91 Å². The number of likely N-dealkylation sites (tertiary alicyclic amines) is 1. The molecule has 0 unspecified atom stereocenters. The molecule has 0 aromatic rings. The third kappa shape index (κ3) is 4.60. The van der Waals surface area contributed by atoms with Gasteiger partial charge >= 0.3 is 0 Å². The van der Waals surface area contributed by atoms with Gasteiger partial charge in [-0.05, 0) is 32.2 Å². The van der Waals surface area contributed by atoms with Gasteiger partial charge in [-0.25, -0.2) is 0 Å². The van der Waals surface area contributed by atoms with Crippen molar-refractivity contribution >= 4 is 5.91 Å². The number of hydrogen-bond donors (Lipinski definition) is 1. The molecule has 0 saturated carbocycles. The Morgan fingerprint density at radius 2 is 1.72 bits per heavy atom. The fourth-order valence-corrected chi connectivity index (χ4v) is 2.94. The summed E-state index contributed by atoms with van der Waals surface area (Å²) >= 11 is 0. The zero-order valence-corrected chi connectivity index (χ0v) is 12.4. The lowest BCUT2D eigenvalue weighted by atomic mass is 9.95. The Morgan fingerprint density at radius 3 is 2.17 bits per heavy atom. The second-order valence-electron chi connectivity index (χ2n) is 5.43. The molecule has 0 radical (unpaired) electrons. The van der Waals surface area contributed by atoms with E-state index in [0.29, 0.717) is 11.9 Å². The minimum Gasteiger partial charge on any atom is -0.342 e. The van der Waals surface area contributed by atoms with Crippen molar-refractivity contribution in [1.29, 1.82) is 0 Å². The third-order valence-corrected chi connectivity index (χ3v) is 3.92. The van der Waals surface area contributed by atoms with Gasteiger partial charge in [0.15, 0.2) is 0 Å². The van der Waals surface area contributed by atoms with Crippen LogP contribution < -0.4 is 5.32 Å². The van der Waals surface area contributed by atoms with Crippen LogP contribution in [0.15, 0.2) is 0 Å². The molecule has 0 atom stereocenters. The number of rotatable bonds is 7.